The molecule has 190 valence electrons. The molecular formula is C26H29IN4O4S. The molecule has 5 rings (SSSR count). The Bertz CT molecular complexity index is 1570. The SMILES string of the molecule is Cc1ccc(I)cc1S(=O)(=O)n1c(C2CCN(C(=O)OC(C)(C)C)CC2)cc2cnc3[nH]ccc3c21. The van der Waals surface area contributed by atoms with Gasteiger partial charge in [0.2, 0.25) is 0 Å². The predicted octanol–water partition coefficient (Wildman–Crippen LogP) is 5.78. The van der Waals surface area contributed by atoms with Crippen LogP contribution in [0.3, 0.4) is 0 Å². The molecule has 0 aliphatic carbocycles. The number of aryl methyl sites for hydroxylation is 1. The van der Waals surface area contributed by atoms with Crippen LogP contribution in [0.5, 0.6) is 0 Å². The second-order valence-corrected chi connectivity index (χ2v) is 13.3. The summed E-state index contributed by atoms with van der Waals surface area (Å²) in [6, 6.07) is 9.29. The standard InChI is InChI=1S/C26H29IN4O4S/c1-16-5-6-19(27)14-22(16)36(33,34)31-21(13-18-15-29-24-20(23(18)31)7-10-28-24)17-8-11-30(12-9-17)25(32)35-26(2,3)4/h5-7,10,13-15,17H,8-9,11-12H2,1-4H3,(H,28,29). The highest BCUT2D eigenvalue weighted by molar-refractivity contribution is 14.1. The minimum atomic E-state index is -3.91. The molecule has 1 amide bonds. The third-order valence-corrected chi connectivity index (χ3v) is 9.10. The number of hydrogen-bond donors (Lipinski definition) is 1. The van der Waals surface area contributed by atoms with E-state index in [1.54, 1.807) is 23.4 Å². The first-order valence-corrected chi connectivity index (χ1v) is 14.4. The van der Waals surface area contributed by atoms with Gasteiger partial charge in [0.25, 0.3) is 10.0 Å². The Morgan fingerprint density at radius 3 is 2.58 bits per heavy atom. The number of pyridine rings is 1. The van der Waals surface area contributed by atoms with Crippen LogP contribution in [0, 0.1) is 10.5 Å². The van der Waals surface area contributed by atoms with Crippen LogP contribution in [-0.4, -0.2) is 52.0 Å². The molecule has 1 aliphatic heterocycles. The predicted molar refractivity (Wildman–Crippen MR) is 148 cm³/mol. The van der Waals surface area contributed by atoms with Crippen LogP contribution in [0.15, 0.2) is 47.6 Å². The summed E-state index contributed by atoms with van der Waals surface area (Å²) in [5.74, 6) is -0.0389. The van der Waals surface area contributed by atoms with E-state index in [0.29, 0.717) is 47.6 Å². The Hall–Kier alpha value is -2.60. The summed E-state index contributed by atoms with van der Waals surface area (Å²) in [5.41, 5.74) is 2.13. The van der Waals surface area contributed by atoms with Gasteiger partial charge in [0.05, 0.1) is 10.4 Å². The molecule has 4 aromatic rings. The number of carbonyl (C=O) groups is 1. The lowest BCUT2D eigenvalue weighted by molar-refractivity contribution is 0.0204. The van der Waals surface area contributed by atoms with E-state index in [1.807, 2.05) is 52.0 Å². The zero-order chi connectivity index (χ0) is 25.8. The number of aromatic amines is 1. The maximum absolute atomic E-state index is 14.3. The van der Waals surface area contributed by atoms with Crippen LogP contribution in [0.4, 0.5) is 4.79 Å². The molecule has 0 saturated carbocycles. The minimum Gasteiger partial charge on any atom is -0.444 e. The summed E-state index contributed by atoms with van der Waals surface area (Å²) >= 11 is 2.14. The number of nitrogens with zero attached hydrogens (tertiary/aromatic N) is 3. The Kier molecular flexibility index (Phi) is 6.30. The second-order valence-electron chi connectivity index (χ2n) is 10.3. The first-order valence-electron chi connectivity index (χ1n) is 11.9. The van der Waals surface area contributed by atoms with Crippen LogP contribution in [0.1, 0.15) is 50.8 Å². The van der Waals surface area contributed by atoms with Crippen molar-refractivity contribution < 1.29 is 17.9 Å². The van der Waals surface area contributed by atoms with Crippen LogP contribution in [0.25, 0.3) is 21.9 Å². The van der Waals surface area contributed by atoms with Crippen molar-refractivity contribution in [2.45, 2.75) is 57.0 Å². The second kappa shape index (κ2) is 9.05. The number of likely N-dealkylation sites (tertiary alicyclic amines) is 1. The fourth-order valence-corrected chi connectivity index (χ4v) is 7.44. The summed E-state index contributed by atoms with van der Waals surface area (Å²) in [5, 5.41) is 1.54. The van der Waals surface area contributed by atoms with Gasteiger partial charge >= 0.3 is 6.09 Å². The molecule has 0 radical (unpaired) electrons. The van der Waals surface area contributed by atoms with Crippen LogP contribution >= 0.6 is 22.6 Å². The van der Waals surface area contributed by atoms with E-state index in [2.05, 4.69) is 32.6 Å². The molecule has 10 heteroatoms. The number of carbonyl (C=O) groups excluding carboxylic acids is 1. The number of fused-ring (bicyclic) bond motifs is 3. The van der Waals surface area contributed by atoms with Crippen molar-refractivity contribution in [1.29, 1.82) is 0 Å². The van der Waals surface area contributed by atoms with E-state index in [0.717, 1.165) is 20.0 Å². The van der Waals surface area contributed by atoms with E-state index in [-0.39, 0.29) is 12.0 Å². The maximum atomic E-state index is 14.3. The number of nitrogens with one attached hydrogen (secondary N) is 1. The lowest BCUT2D eigenvalue weighted by Gasteiger charge is -2.33. The average Bonchev–Trinajstić information content (AvgIpc) is 3.44. The summed E-state index contributed by atoms with van der Waals surface area (Å²) in [4.78, 5) is 22.2. The molecular weight excluding hydrogens is 591 g/mol. The van der Waals surface area contributed by atoms with Gasteiger partial charge in [0.1, 0.15) is 11.2 Å². The molecule has 36 heavy (non-hydrogen) atoms. The van der Waals surface area contributed by atoms with Gasteiger partial charge in [0.15, 0.2) is 0 Å². The lowest BCUT2D eigenvalue weighted by Crippen LogP contribution is -2.41. The van der Waals surface area contributed by atoms with Gasteiger partial charge < -0.3 is 14.6 Å². The number of benzene rings is 1. The number of hydrogen-bond acceptors (Lipinski definition) is 5. The van der Waals surface area contributed by atoms with Gasteiger partial charge in [0, 0.05) is 51.4 Å². The highest BCUT2D eigenvalue weighted by atomic mass is 127. The summed E-state index contributed by atoms with van der Waals surface area (Å²) in [6.07, 6.45) is 4.44. The fraction of sp³-hybridized carbons (Fsp3) is 0.385. The highest BCUT2D eigenvalue weighted by Gasteiger charge is 2.33. The van der Waals surface area contributed by atoms with E-state index >= 15 is 0 Å². The normalized spacial score (nSPS) is 15.6. The van der Waals surface area contributed by atoms with Crippen molar-refractivity contribution in [3.8, 4) is 0 Å². The van der Waals surface area contributed by atoms with Gasteiger partial charge in [-0.2, -0.15) is 0 Å². The van der Waals surface area contributed by atoms with Gasteiger partial charge in [-0.05, 0) is 93.0 Å². The molecule has 4 heterocycles. The Balaban J connectivity index is 1.61. The van der Waals surface area contributed by atoms with Crippen LogP contribution in [-0.2, 0) is 14.8 Å². The van der Waals surface area contributed by atoms with Crippen molar-refractivity contribution in [3.63, 3.8) is 0 Å². The summed E-state index contributed by atoms with van der Waals surface area (Å²) in [6.45, 7) is 8.37. The third kappa shape index (κ3) is 4.49. The van der Waals surface area contributed by atoms with Crippen molar-refractivity contribution in [2.24, 2.45) is 0 Å². The van der Waals surface area contributed by atoms with E-state index in [9.17, 15) is 13.2 Å². The topological polar surface area (TPSA) is 97.3 Å². The minimum absolute atomic E-state index is 0.0389. The Morgan fingerprint density at radius 2 is 1.89 bits per heavy atom. The zero-order valence-corrected chi connectivity index (χ0v) is 23.7. The number of piperidine rings is 1. The molecule has 0 bridgehead atoms. The Labute approximate surface area is 224 Å². The smallest absolute Gasteiger partial charge is 0.410 e. The number of ether oxygens (including phenoxy) is 1. The van der Waals surface area contributed by atoms with Gasteiger partial charge in [-0.1, -0.05) is 6.07 Å². The summed E-state index contributed by atoms with van der Waals surface area (Å²) in [7, 11) is -3.91. The molecule has 1 aliphatic rings. The average molecular weight is 621 g/mol. The van der Waals surface area contributed by atoms with Crippen LogP contribution < -0.4 is 0 Å². The number of rotatable bonds is 3. The fourth-order valence-electron chi connectivity index (χ4n) is 4.87. The molecule has 0 spiro atoms. The largest absolute Gasteiger partial charge is 0.444 e. The van der Waals surface area contributed by atoms with Gasteiger partial charge in [-0.3, -0.25) is 0 Å². The van der Waals surface area contributed by atoms with E-state index in [4.69, 9.17) is 4.74 Å². The maximum Gasteiger partial charge on any atom is 0.410 e. The summed E-state index contributed by atoms with van der Waals surface area (Å²) < 4.78 is 36.5. The molecule has 8 nitrogen and oxygen atoms in total. The first kappa shape index (κ1) is 25.1. The molecule has 1 N–H and O–H groups in total. The zero-order valence-electron chi connectivity index (χ0n) is 20.7. The third-order valence-electron chi connectivity index (χ3n) is 6.56. The molecule has 1 aromatic carbocycles. The van der Waals surface area contributed by atoms with Crippen molar-refractivity contribution >= 4 is 60.6 Å². The number of halogens is 1. The number of amides is 1. The van der Waals surface area contributed by atoms with Crippen molar-refractivity contribution in [1.82, 2.24) is 18.8 Å². The molecule has 0 unspecified atom stereocenters. The molecule has 1 saturated heterocycles. The number of H-pyrrole nitrogens is 1. The first-order chi connectivity index (χ1) is 17.0. The lowest BCUT2D eigenvalue weighted by atomic mass is 9.94. The van der Waals surface area contributed by atoms with Gasteiger partial charge in [-0.25, -0.2) is 22.2 Å². The highest BCUT2D eigenvalue weighted by Crippen LogP contribution is 2.38. The quantitative estimate of drug-likeness (QED) is 0.293. The van der Waals surface area contributed by atoms with Crippen molar-refractivity contribution in [2.75, 3.05) is 13.1 Å². The molecule has 1 fully saturated rings. The van der Waals surface area contributed by atoms with Gasteiger partial charge in [-0.15, -0.1) is 0 Å². The van der Waals surface area contributed by atoms with E-state index < -0.39 is 15.6 Å². The van der Waals surface area contributed by atoms with Crippen molar-refractivity contribution in [3.05, 3.63) is 57.6 Å². The van der Waals surface area contributed by atoms with E-state index in [1.165, 1.54) is 3.97 Å². The monoisotopic (exact) mass is 620 g/mol. The molecule has 3 aromatic heterocycles. The molecule has 0 atom stereocenters. The van der Waals surface area contributed by atoms with Crippen LogP contribution in [0.2, 0.25) is 0 Å². The Morgan fingerprint density at radius 1 is 1.17 bits per heavy atom. The number of aromatic nitrogens is 3.